The SMILES string of the molecule is COCC(C)OC(=O)COc1ccc(C)cc1-c1nsc2ccc(-n3c(=O)cc(C(F)(F)F)n(C)c3=O)cc12. The molecule has 2 aromatic heterocycles. The third kappa shape index (κ3) is 5.88. The number of halogens is 3. The Morgan fingerprint density at radius 2 is 1.87 bits per heavy atom. The Balaban J connectivity index is 1.75. The third-order valence-corrected chi connectivity index (χ3v) is 6.62. The van der Waals surface area contributed by atoms with Crippen molar-refractivity contribution in [2.75, 3.05) is 20.3 Å². The standard InChI is InChI=1S/C26H24F3N3O6S/c1-14-5-7-19(37-13-23(34)38-15(2)12-36-4)17(9-14)24-18-10-16(6-8-20(18)39-30-24)32-22(33)11-21(26(27,28)29)31(3)25(32)35/h5-11,15H,12-13H2,1-4H3. The molecule has 39 heavy (non-hydrogen) atoms. The molecule has 1 atom stereocenters. The zero-order valence-electron chi connectivity index (χ0n) is 21.4. The number of esters is 1. The maximum atomic E-state index is 13.3. The molecule has 4 rings (SSSR count). The molecule has 2 aromatic carbocycles. The highest BCUT2D eigenvalue weighted by Gasteiger charge is 2.35. The second-order valence-corrected chi connectivity index (χ2v) is 9.60. The number of aryl methyl sites for hydroxylation is 1. The topological polar surface area (TPSA) is 102 Å². The minimum atomic E-state index is -4.86. The molecule has 0 spiro atoms. The zero-order chi connectivity index (χ0) is 28.5. The summed E-state index contributed by atoms with van der Waals surface area (Å²) in [5, 5.41) is 0.540. The van der Waals surface area contributed by atoms with E-state index in [1.54, 1.807) is 31.2 Å². The van der Waals surface area contributed by atoms with Crippen LogP contribution in [0.3, 0.4) is 0 Å². The molecule has 0 saturated heterocycles. The van der Waals surface area contributed by atoms with Crippen LogP contribution in [0.25, 0.3) is 27.0 Å². The first-order valence-corrected chi connectivity index (χ1v) is 12.4. The van der Waals surface area contributed by atoms with E-state index in [0.29, 0.717) is 42.3 Å². The van der Waals surface area contributed by atoms with Crippen LogP contribution in [0.4, 0.5) is 13.2 Å². The van der Waals surface area contributed by atoms with Crippen molar-refractivity contribution in [2.45, 2.75) is 26.1 Å². The molecular weight excluding hydrogens is 539 g/mol. The molecule has 4 aromatic rings. The fourth-order valence-corrected chi connectivity index (χ4v) is 4.78. The number of nitrogens with zero attached hydrogens (tertiary/aromatic N) is 3. The molecule has 0 saturated carbocycles. The van der Waals surface area contributed by atoms with Crippen LogP contribution >= 0.6 is 11.5 Å². The normalized spacial score (nSPS) is 12.5. The number of rotatable bonds is 8. The van der Waals surface area contributed by atoms with Gasteiger partial charge in [-0.3, -0.25) is 9.36 Å². The Kier molecular flexibility index (Phi) is 7.93. The molecule has 1 unspecified atom stereocenters. The summed E-state index contributed by atoms with van der Waals surface area (Å²) in [7, 11) is 2.45. The predicted octanol–water partition coefficient (Wildman–Crippen LogP) is 4.10. The average molecular weight is 564 g/mol. The van der Waals surface area contributed by atoms with Crippen LogP contribution in [0.1, 0.15) is 18.2 Å². The van der Waals surface area contributed by atoms with Crippen LogP contribution < -0.4 is 16.0 Å². The summed E-state index contributed by atoms with van der Waals surface area (Å²) in [5.41, 5.74) is -1.65. The predicted molar refractivity (Wildman–Crippen MR) is 139 cm³/mol. The van der Waals surface area contributed by atoms with Crippen molar-refractivity contribution in [3.8, 4) is 22.7 Å². The Bertz CT molecular complexity index is 1660. The second-order valence-electron chi connectivity index (χ2n) is 8.80. The summed E-state index contributed by atoms with van der Waals surface area (Å²) in [5.74, 6) is -0.244. The number of hydrogen-bond donors (Lipinski definition) is 0. The van der Waals surface area contributed by atoms with Crippen molar-refractivity contribution in [3.63, 3.8) is 0 Å². The molecule has 0 aliphatic carbocycles. The molecular formula is C26H24F3N3O6S. The number of aromatic nitrogens is 3. The van der Waals surface area contributed by atoms with E-state index in [1.165, 1.54) is 19.2 Å². The summed E-state index contributed by atoms with van der Waals surface area (Å²) in [6, 6.07) is 10.3. The molecule has 0 aliphatic heterocycles. The molecule has 0 N–H and O–H groups in total. The van der Waals surface area contributed by atoms with Crippen molar-refractivity contribution < 1.29 is 32.2 Å². The van der Waals surface area contributed by atoms with Crippen LogP contribution in [0, 0.1) is 6.92 Å². The van der Waals surface area contributed by atoms with Gasteiger partial charge in [-0.2, -0.15) is 17.5 Å². The van der Waals surface area contributed by atoms with Crippen LogP contribution in [0.15, 0.2) is 52.1 Å². The van der Waals surface area contributed by atoms with Gasteiger partial charge in [0.05, 0.1) is 22.7 Å². The lowest BCUT2D eigenvalue weighted by atomic mass is 10.0. The molecule has 0 radical (unpaired) electrons. The minimum absolute atomic E-state index is 0.0779. The first kappa shape index (κ1) is 28.0. The highest BCUT2D eigenvalue weighted by atomic mass is 32.1. The van der Waals surface area contributed by atoms with Gasteiger partial charge in [-0.15, -0.1) is 0 Å². The fraction of sp³-hybridized carbons (Fsp3) is 0.308. The van der Waals surface area contributed by atoms with E-state index >= 15 is 0 Å². The molecule has 13 heteroatoms. The number of carbonyl (C=O) groups excluding carboxylic acids is 1. The lowest BCUT2D eigenvalue weighted by Crippen LogP contribution is -2.40. The molecule has 2 heterocycles. The Hall–Kier alpha value is -3.97. The highest BCUT2D eigenvalue weighted by molar-refractivity contribution is 7.13. The number of fused-ring (bicyclic) bond motifs is 1. The zero-order valence-corrected chi connectivity index (χ0v) is 22.2. The van der Waals surface area contributed by atoms with Gasteiger partial charge in [0.15, 0.2) is 6.61 Å². The van der Waals surface area contributed by atoms with E-state index < -0.39 is 35.2 Å². The first-order chi connectivity index (χ1) is 18.4. The van der Waals surface area contributed by atoms with Crippen LogP contribution in [-0.2, 0) is 27.5 Å². The fourth-order valence-electron chi connectivity index (χ4n) is 4.01. The largest absolute Gasteiger partial charge is 0.481 e. The average Bonchev–Trinajstić information content (AvgIpc) is 3.28. The summed E-state index contributed by atoms with van der Waals surface area (Å²) >= 11 is 1.15. The number of methoxy groups -OCH3 is 1. The van der Waals surface area contributed by atoms with Gasteiger partial charge in [0.1, 0.15) is 17.5 Å². The second kappa shape index (κ2) is 11.0. The molecule has 0 fully saturated rings. The number of carbonyl (C=O) groups is 1. The van der Waals surface area contributed by atoms with Crippen molar-refractivity contribution >= 4 is 27.6 Å². The number of ether oxygens (including phenoxy) is 3. The van der Waals surface area contributed by atoms with E-state index in [-0.39, 0.29) is 18.9 Å². The van der Waals surface area contributed by atoms with Crippen LogP contribution in [0.5, 0.6) is 5.75 Å². The maximum Gasteiger partial charge on any atom is 0.431 e. The van der Waals surface area contributed by atoms with Gasteiger partial charge in [-0.25, -0.2) is 14.2 Å². The number of alkyl halides is 3. The van der Waals surface area contributed by atoms with Crippen LogP contribution in [-0.4, -0.2) is 45.9 Å². The van der Waals surface area contributed by atoms with E-state index in [0.717, 1.165) is 24.1 Å². The maximum absolute atomic E-state index is 13.3. The first-order valence-electron chi connectivity index (χ1n) is 11.6. The van der Waals surface area contributed by atoms with E-state index in [9.17, 15) is 27.6 Å². The Labute approximate surface area is 224 Å². The monoisotopic (exact) mass is 563 g/mol. The third-order valence-electron chi connectivity index (χ3n) is 5.79. The van der Waals surface area contributed by atoms with Gasteiger partial charge >= 0.3 is 17.8 Å². The van der Waals surface area contributed by atoms with Crippen molar-refractivity contribution in [1.82, 2.24) is 13.5 Å². The highest BCUT2D eigenvalue weighted by Crippen LogP contribution is 2.37. The summed E-state index contributed by atoms with van der Waals surface area (Å²) < 4.78 is 62.0. The van der Waals surface area contributed by atoms with Gasteiger partial charge < -0.3 is 14.2 Å². The molecule has 9 nitrogen and oxygen atoms in total. The van der Waals surface area contributed by atoms with Gasteiger partial charge in [0, 0.05) is 31.2 Å². The molecule has 206 valence electrons. The molecule has 0 bridgehead atoms. The van der Waals surface area contributed by atoms with E-state index in [2.05, 4.69) is 4.37 Å². The van der Waals surface area contributed by atoms with Gasteiger partial charge in [-0.05, 0) is 55.7 Å². The summed E-state index contributed by atoms with van der Waals surface area (Å²) in [4.78, 5) is 37.6. The van der Waals surface area contributed by atoms with Crippen molar-refractivity contribution in [2.24, 2.45) is 7.05 Å². The molecule has 0 amide bonds. The summed E-state index contributed by atoms with van der Waals surface area (Å²) in [6.07, 6.45) is -5.32. The van der Waals surface area contributed by atoms with Crippen molar-refractivity contribution in [3.05, 3.63) is 74.6 Å². The summed E-state index contributed by atoms with van der Waals surface area (Å²) in [6.45, 7) is 3.42. The Morgan fingerprint density at radius 1 is 1.13 bits per heavy atom. The smallest absolute Gasteiger partial charge is 0.431 e. The number of benzene rings is 2. The van der Waals surface area contributed by atoms with Gasteiger partial charge in [0.2, 0.25) is 0 Å². The molecule has 0 aliphatic rings. The van der Waals surface area contributed by atoms with Crippen LogP contribution in [0.2, 0.25) is 0 Å². The van der Waals surface area contributed by atoms with E-state index in [1.807, 2.05) is 6.92 Å². The van der Waals surface area contributed by atoms with E-state index in [4.69, 9.17) is 14.2 Å². The van der Waals surface area contributed by atoms with Gasteiger partial charge in [0.25, 0.3) is 5.56 Å². The quantitative estimate of drug-likeness (QED) is 0.298. The minimum Gasteiger partial charge on any atom is -0.481 e. The van der Waals surface area contributed by atoms with Gasteiger partial charge in [-0.1, -0.05) is 11.6 Å². The lowest BCUT2D eigenvalue weighted by molar-refractivity contribution is -0.152. The van der Waals surface area contributed by atoms with Crippen molar-refractivity contribution in [1.29, 1.82) is 0 Å². The Morgan fingerprint density at radius 3 is 2.56 bits per heavy atom. The number of hydrogen-bond acceptors (Lipinski definition) is 8. The lowest BCUT2D eigenvalue weighted by Gasteiger charge is -2.15.